The first-order valence-corrected chi connectivity index (χ1v) is 7.35. The minimum absolute atomic E-state index is 0.0957. The highest BCUT2D eigenvalue weighted by Gasteiger charge is 2.33. The second kappa shape index (κ2) is 7.29. The van der Waals surface area contributed by atoms with Crippen LogP contribution in [0.15, 0.2) is 42.6 Å². The maximum atomic E-state index is 12.9. The van der Waals surface area contributed by atoms with E-state index in [9.17, 15) is 18.3 Å². The molecule has 124 valence electrons. The Hall–Kier alpha value is -1.63. The standard InChI is InChI=1S/C16H16ClF3N2O/c1-10(15(23)11-4-6-12(17)7-5-11)22-9-14-13(16(18,19)20)3-2-8-21-14/h2-8,10,15,22-23H,9H2,1H3. The van der Waals surface area contributed by atoms with Crippen molar-refractivity contribution in [1.82, 2.24) is 10.3 Å². The first-order chi connectivity index (χ1) is 10.8. The maximum Gasteiger partial charge on any atom is 0.418 e. The van der Waals surface area contributed by atoms with Gasteiger partial charge in [-0.15, -0.1) is 0 Å². The molecule has 1 heterocycles. The molecule has 1 aromatic heterocycles. The monoisotopic (exact) mass is 344 g/mol. The number of hydrogen-bond donors (Lipinski definition) is 2. The van der Waals surface area contributed by atoms with E-state index in [1.54, 1.807) is 31.2 Å². The van der Waals surface area contributed by atoms with Gasteiger partial charge in [-0.3, -0.25) is 4.98 Å². The van der Waals surface area contributed by atoms with Crippen molar-refractivity contribution >= 4 is 11.6 Å². The Morgan fingerprint density at radius 3 is 2.48 bits per heavy atom. The number of aliphatic hydroxyl groups is 1. The number of nitrogens with zero attached hydrogens (tertiary/aromatic N) is 1. The van der Waals surface area contributed by atoms with Gasteiger partial charge in [0.05, 0.1) is 17.4 Å². The molecular weight excluding hydrogens is 329 g/mol. The van der Waals surface area contributed by atoms with Crippen molar-refractivity contribution in [3.63, 3.8) is 0 Å². The van der Waals surface area contributed by atoms with Crippen molar-refractivity contribution in [2.24, 2.45) is 0 Å². The van der Waals surface area contributed by atoms with E-state index in [-0.39, 0.29) is 12.2 Å². The van der Waals surface area contributed by atoms with Crippen molar-refractivity contribution < 1.29 is 18.3 Å². The molecule has 0 saturated heterocycles. The van der Waals surface area contributed by atoms with Crippen molar-refractivity contribution in [3.05, 3.63) is 64.4 Å². The van der Waals surface area contributed by atoms with Crippen LogP contribution in [0.2, 0.25) is 5.02 Å². The first-order valence-electron chi connectivity index (χ1n) is 6.97. The van der Waals surface area contributed by atoms with Gasteiger partial charge in [0.15, 0.2) is 0 Å². The zero-order valence-corrected chi connectivity index (χ0v) is 13.1. The van der Waals surface area contributed by atoms with Gasteiger partial charge in [-0.25, -0.2) is 0 Å². The summed E-state index contributed by atoms with van der Waals surface area (Å²) < 4.78 is 38.7. The van der Waals surface area contributed by atoms with Gasteiger partial charge in [0.1, 0.15) is 0 Å². The summed E-state index contributed by atoms with van der Waals surface area (Å²) >= 11 is 5.79. The Balaban J connectivity index is 2.05. The molecule has 0 bridgehead atoms. The maximum absolute atomic E-state index is 12.9. The van der Waals surface area contributed by atoms with E-state index in [1.807, 2.05) is 0 Å². The average Bonchev–Trinajstić information content (AvgIpc) is 2.52. The number of pyridine rings is 1. The molecule has 2 unspecified atom stereocenters. The van der Waals surface area contributed by atoms with Crippen LogP contribution >= 0.6 is 11.6 Å². The Morgan fingerprint density at radius 2 is 1.87 bits per heavy atom. The molecule has 2 N–H and O–H groups in total. The molecule has 0 amide bonds. The molecule has 0 radical (unpaired) electrons. The highest BCUT2D eigenvalue weighted by atomic mass is 35.5. The molecule has 0 spiro atoms. The van der Waals surface area contributed by atoms with Crippen LogP contribution in [0.25, 0.3) is 0 Å². The van der Waals surface area contributed by atoms with Gasteiger partial charge in [0.2, 0.25) is 0 Å². The van der Waals surface area contributed by atoms with E-state index in [0.717, 1.165) is 6.07 Å². The fourth-order valence-corrected chi connectivity index (χ4v) is 2.28. The molecule has 1 aromatic carbocycles. The summed E-state index contributed by atoms with van der Waals surface area (Å²) in [5.74, 6) is 0. The number of halogens is 4. The number of hydrogen-bond acceptors (Lipinski definition) is 3. The molecule has 23 heavy (non-hydrogen) atoms. The molecule has 0 aliphatic rings. The molecule has 7 heteroatoms. The molecule has 3 nitrogen and oxygen atoms in total. The summed E-state index contributed by atoms with van der Waals surface area (Å²) in [6.07, 6.45) is -4.01. The number of alkyl halides is 3. The number of aromatic nitrogens is 1. The minimum atomic E-state index is -4.46. The first kappa shape index (κ1) is 17.7. The van der Waals surface area contributed by atoms with Crippen molar-refractivity contribution in [3.8, 4) is 0 Å². The van der Waals surface area contributed by atoms with Gasteiger partial charge >= 0.3 is 6.18 Å². The summed E-state index contributed by atoms with van der Waals surface area (Å²) in [5, 5.41) is 13.7. The second-order valence-corrected chi connectivity index (χ2v) is 5.60. The Bertz CT molecular complexity index is 647. The third-order valence-electron chi connectivity index (χ3n) is 3.47. The lowest BCUT2D eigenvalue weighted by molar-refractivity contribution is -0.138. The van der Waals surface area contributed by atoms with Gasteiger partial charge in [-0.2, -0.15) is 13.2 Å². The summed E-state index contributed by atoms with van der Waals surface area (Å²) in [4.78, 5) is 3.78. The zero-order valence-electron chi connectivity index (χ0n) is 12.3. The van der Waals surface area contributed by atoms with Crippen LogP contribution in [0.1, 0.15) is 29.8 Å². The minimum Gasteiger partial charge on any atom is -0.387 e. The van der Waals surface area contributed by atoms with Crippen LogP contribution in [-0.2, 0) is 12.7 Å². The van der Waals surface area contributed by atoms with Crippen LogP contribution in [0.5, 0.6) is 0 Å². The average molecular weight is 345 g/mol. The predicted octanol–water partition coefficient (Wildman–Crippen LogP) is 3.97. The number of benzene rings is 1. The molecule has 0 fully saturated rings. The van der Waals surface area contributed by atoms with Gasteiger partial charge < -0.3 is 10.4 Å². The molecule has 0 saturated carbocycles. The van der Waals surface area contributed by atoms with Crippen molar-refractivity contribution in [2.45, 2.75) is 31.8 Å². The lowest BCUT2D eigenvalue weighted by Gasteiger charge is -2.21. The summed E-state index contributed by atoms with van der Waals surface area (Å²) in [6.45, 7) is 1.59. The van der Waals surface area contributed by atoms with Crippen LogP contribution in [0.3, 0.4) is 0 Å². The smallest absolute Gasteiger partial charge is 0.387 e. The van der Waals surface area contributed by atoms with Gasteiger partial charge in [0, 0.05) is 23.8 Å². The van der Waals surface area contributed by atoms with E-state index in [0.29, 0.717) is 10.6 Å². The summed E-state index contributed by atoms with van der Waals surface area (Å²) in [6, 6.07) is 8.42. The molecule has 2 atom stereocenters. The highest BCUT2D eigenvalue weighted by molar-refractivity contribution is 6.30. The third kappa shape index (κ3) is 4.67. The van der Waals surface area contributed by atoms with E-state index >= 15 is 0 Å². The number of nitrogens with one attached hydrogen (secondary N) is 1. The molecule has 2 rings (SSSR count). The Kier molecular flexibility index (Phi) is 5.62. The Labute approximate surface area is 137 Å². The topological polar surface area (TPSA) is 45.2 Å². The molecule has 0 aliphatic heterocycles. The van der Waals surface area contributed by atoms with Crippen molar-refractivity contribution in [1.29, 1.82) is 0 Å². The van der Waals surface area contributed by atoms with E-state index in [4.69, 9.17) is 11.6 Å². The van der Waals surface area contributed by atoms with E-state index in [2.05, 4.69) is 10.3 Å². The third-order valence-corrected chi connectivity index (χ3v) is 3.72. The summed E-state index contributed by atoms with van der Waals surface area (Å²) in [7, 11) is 0. The van der Waals surface area contributed by atoms with Gasteiger partial charge in [0.25, 0.3) is 0 Å². The van der Waals surface area contributed by atoms with Crippen LogP contribution in [0, 0.1) is 0 Å². The predicted molar refractivity (Wildman–Crippen MR) is 82.0 cm³/mol. The van der Waals surface area contributed by atoms with Crippen molar-refractivity contribution in [2.75, 3.05) is 0 Å². The number of aliphatic hydroxyl groups excluding tert-OH is 1. The fraction of sp³-hybridized carbons (Fsp3) is 0.312. The number of rotatable bonds is 5. The normalized spacial score (nSPS) is 14.5. The van der Waals surface area contributed by atoms with E-state index < -0.39 is 23.9 Å². The second-order valence-electron chi connectivity index (χ2n) is 5.16. The van der Waals surface area contributed by atoms with Crippen LogP contribution < -0.4 is 5.32 Å². The highest BCUT2D eigenvalue weighted by Crippen LogP contribution is 2.31. The summed E-state index contributed by atoms with van der Waals surface area (Å²) in [5.41, 5.74) is -0.248. The SMILES string of the molecule is CC(NCc1ncccc1C(F)(F)F)C(O)c1ccc(Cl)cc1. The van der Waals surface area contributed by atoms with Crippen LogP contribution in [0.4, 0.5) is 13.2 Å². The quantitative estimate of drug-likeness (QED) is 0.862. The van der Waals surface area contributed by atoms with Crippen LogP contribution in [-0.4, -0.2) is 16.1 Å². The van der Waals surface area contributed by atoms with Gasteiger partial charge in [-0.05, 0) is 36.8 Å². The zero-order chi connectivity index (χ0) is 17.0. The molecule has 2 aromatic rings. The molecular formula is C16H16ClF3N2O. The lowest BCUT2D eigenvalue weighted by Crippen LogP contribution is -2.32. The largest absolute Gasteiger partial charge is 0.418 e. The lowest BCUT2D eigenvalue weighted by atomic mass is 10.0. The fourth-order valence-electron chi connectivity index (χ4n) is 2.15. The van der Waals surface area contributed by atoms with Gasteiger partial charge in [-0.1, -0.05) is 23.7 Å². The Morgan fingerprint density at radius 1 is 1.22 bits per heavy atom. The van der Waals surface area contributed by atoms with E-state index in [1.165, 1.54) is 12.3 Å². The molecule has 0 aliphatic carbocycles.